The predicted molar refractivity (Wildman–Crippen MR) is 172 cm³/mol. The first-order chi connectivity index (χ1) is 18.4. The molecule has 0 radical (unpaired) electrons. The smallest absolute Gasteiger partial charge is 0.431 e. The van der Waals surface area contributed by atoms with E-state index in [4.69, 9.17) is 19.1 Å². The summed E-state index contributed by atoms with van der Waals surface area (Å²) in [6.45, 7) is 39.5. The number of carbonyl (C=O) groups is 1. The number of nitrogens with zero attached hydrogens (tertiary/aromatic N) is 2. The zero-order valence-corrected chi connectivity index (χ0v) is 30.8. The lowest BCUT2D eigenvalue weighted by Gasteiger charge is -2.56. The van der Waals surface area contributed by atoms with E-state index in [1.54, 1.807) is 0 Å². The molecule has 0 spiro atoms. The van der Waals surface area contributed by atoms with Crippen LogP contribution in [0, 0.1) is 10.8 Å². The fraction of sp³-hybridized carbons (Fsp3) is 0.971. The lowest BCUT2D eigenvalue weighted by Crippen LogP contribution is -2.64. The van der Waals surface area contributed by atoms with Crippen LogP contribution in [0.4, 0.5) is 4.79 Å². The second-order valence-electron chi connectivity index (χ2n) is 19.6. The Morgan fingerprint density at radius 3 is 1.00 bits per heavy atom. The summed E-state index contributed by atoms with van der Waals surface area (Å²) in [6, 6.07) is 0. The monoisotopic (exact) mass is 597 g/mol. The number of hydrogen-bond acceptors (Lipinski definition) is 7. The van der Waals surface area contributed by atoms with Crippen molar-refractivity contribution in [2.45, 2.75) is 209 Å². The van der Waals surface area contributed by atoms with Gasteiger partial charge in [-0.25, -0.2) is 4.79 Å². The molecular formula is C35H68N2O5. The Morgan fingerprint density at radius 1 is 0.548 bits per heavy atom. The third kappa shape index (κ3) is 10.6. The van der Waals surface area contributed by atoms with Crippen LogP contribution in [0.2, 0.25) is 0 Å². The van der Waals surface area contributed by atoms with Gasteiger partial charge in [-0.15, -0.1) is 0 Å². The summed E-state index contributed by atoms with van der Waals surface area (Å²) in [5.41, 5.74) is -1.64. The molecule has 0 amide bonds. The van der Waals surface area contributed by atoms with Gasteiger partial charge in [0.05, 0.1) is 11.2 Å². The molecule has 2 rings (SSSR count). The minimum atomic E-state index is -0.576. The molecule has 2 heterocycles. The molecule has 0 aromatic carbocycles. The summed E-state index contributed by atoms with van der Waals surface area (Å²) >= 11 is 0. The number of ether oxygens (including phenoxy) is 2. The van der Waals surface area contributed by atoms with Crippen molar-refractivity contribution in [1.82, 2.24) is 10.1 Å². The van der Waals surface area contributed by atoms with Crippen molar-refractivity contribution < 1.29 is 23.9 Å². The Hall–Kier alpha value is -0.890. The van der Waals surface area contributed by atoms with E-state index < -0.39 is 6.16 Å². The van der Waals surface area contributed by atoms with Crippen LogP contribution in [0.3, 0.4) is 0 Å². The van der Waals surface area contributed by atoms with Gasteiger partial charge in [0.2, 0.25) is 0 Å². The van der Waals surface area contributed by atoms with Gasteiger partial charge in [-0.2, -0.15) is 10.1 Å². The molecule has 0 bridgehead atoms. The molecule has 0 N–H and O–H groups in total. The van der Waals surface area contributed by atoms with Crippen LogP contribution in [0.1, 0.15) is 163 Å². The van der Waals surface area contributed by atoms with Crippen molar-refractivity contribution in [2.24, 2.45) is 10.8 Å². The Kier molecular flexibility index (Phi) is 10.5. The summed E-state index contributed by atoms with van der Waals surface area (Å²) < 4.78 is 12.1. The highest BCUT2D eigenvalue weighted by Crippen LogP contribution is 2.45. The van der Waals surface area contributed by atoms with E-state index in [1.165, 1.54) is 0 Å². The third-order valence-corrected chi connectivity index (χ3v) is 8.22. The van der Waals surface area contributed by atoms with Gasteiger partial charge in [-0.1, -0.05) is 41.5 Å². The predicted octanol–water partition coefficient (Wildman–Crippen LogP) is 9.48. The van der Waals surface area contributed by atoms with Crippen LogP contribution in [-0.4, -0.2) is 61.8 Å². The molecule has 7 heteroatoms. The average Bonchev–Trinajstić information content (AvgIpc) is 2.62. The maximum Gasteiger partial charge on any atom is 0.508 e. The van der Waals surface area contributed by atoms with E-state index in [-0.39, 0.29) is 56.4 Å². The minimum absolute atomic E-state index is 0.150. The second-order valence-corrected chi connectivity index (χ2v) is 19.6. The Morgan fingerprint density at radius 2 is 0.786 bits per heavy atom. The topological polar surface area (TPSA) is 60.5 Å². The normalized spacial score (nSPS) is 24.4. The van der Waals surface area contributed by atoms with Crippen molar-refractivity contribution in [1.29, 1.82) is 0 Å². The lowest BCUT2D eigenvalue weighted by atomic mass is 9.79. The van der Waals surface area contributed by atoms with Crippen molar-refractivity contribution in [3.05, 3.63) is 0 Å². The summed E-state index contributed by atoms with van der Waals surface area (Å²) in [7, 11) is 0. The van der Waals surface area contributed by atoms with Crippen molar-refractivity contribution in [3.8, 4) is 0 Å². The van der Waals surface area contributed by atoms with Crippen LogP contribution in [0.5, 0.6) is 0 Å². The number of carbonyl (C=O) groups excluding carboxylic acids is 1. The molecular weight excluding hydrogens is 528 g/mol. The largest absolute Gasteiger partial charge is 0.508 e. The van der Waals surface area contributed by atoms with Crippen LogP contribution in [0.15, 0.2) is 0 Å². The average molecular weight is 597 g/mol. The standard InChI is InChI=1S/C35H68N2O5/c1-28(2,3)23-34(15,16)41-36-30(7,8)19-25(20-31(36,9)10)39-27(38)40-26-21-32(11,12)37(33(13,14)22-26)42-35(17,18)24-29(4,5)6/h25-26H,19-24H2,1-18H3. The highest BCUT2D eigenvalue weighted by molar-refractivity contribution is 5.60. The molecule has 0 aromatic heterocycles. The first-order valence-corrected chi connectivity index (χ1v) is 16.2. The fourth-order valence-corrected chi connectivity index (χ4v) is 8.42. The van der Waals surface area contributed by atoms with Crippen LogP contribution >= 0.6 is 0 Å². The third-order valence-electron chi connectivity index (χ3n) is 8.22. The maximum absolute atomic E-state index is 13.2. The summed E-state index contributed by atoms with van der Waals surface area (Å²) in [5.74, 6) is 0. The first kappa shape index (κ1) is 37.3. The van der Waals surface area contributed by atoms with Crippen molar-refractivity contribution in [2.75, 3.05) is 0 Å². The summed E-state index contributed by atoms with van der Waals surface area (Å²) in [4.78, 5) is 26.7. The Labute approximate surface area is 259 Å². The van der Waals surface area contributed by atoms with Crippen molar-refractivity contribution in [3.63, 3.8) is 0 Å². The van der Waals surface area contributed by atoms with Crippen LogP contribution < -0.4 is 0 Å². The lowest BCUT2D eigenvalue weighted by molar-refractivity contribution is -0.343. The Balaban J connectivity index is 2.08. The zero-order valence-electron chi connectivity index (χ0n) is 30.8. The molecule has 42 heavy (non-hydrogen) atoms. The summed E-state index contributed by atoms with van der Waals surface area (Å²) in [6.07, 6.45) is 3.46. The number of hydroxylamine groups is 4. The zero-order chi connectivity index (χ0) is 33.0. The second kappa shape index (κ2) is 11.8. The molecule has 0 saturated carbocycles. The van der Waals surface area contributed by atoms with E-state index in [0.717, 1.165) is 12.8 Å². The molecule has 0 unspecified atom stereocenters. The molecule has 0 aromatic rings. The molecule has 2 aliphatic rings. The Bertz CT molecular complexity index is 826. The van der Waals surface area contributed by atoms with E-state index in [0.29, 0.717) is 25.7 Å². The number of rotatable bonds is 8. The maximum atomic E-state index is 13.2. The van der Waals surface area contributed by atoms with Gasteiger partial charge in [0, 0.05) is 47.8 Å². The molecule has 0 aliphatic carbocycles. The van der Waals surface area contributed by atoms with Gasteiger partial charge in [-0.05, 0) is 107 Å². The van der Waals surface area contributed by atoms with Gasteiger partial charge < -0.3 is 9.47 Å². The summed E-state index contributed by atoms with van der Waals surface area (Å²) in [5, 5.41) is 4.30. The van der Waals surface area contributed by atoms with Crippen LogP contribution in [-0.2, 0) is 19.1 Å². The molecule has 2 aliphatic heterocycles. The van der Waals surface area contributed by atoms with E-state index in [2.05, 4.69) is 135 Å². The molecule has 0 atom stereocenters. The quantitative estimate of drug-likeness (QED) is 0.259. The first-order valence-electron chi connectivity index (χ1n) is 16.2. The molecule has 2 fully saturated rings. The van der Waals surface area contributed by atoms with Gasteiger partial charge in [-0.3, -0.25) is 9.68 Å². The highest BCUT2D eigenvalue weighted by Gasteiger charge is 2.52. The number of piperidine rings is 2. The molecule has 248 valence electrons. The van der Waals surface area contributed by atoms with Crippen LogP contribution in [0.25, 0.3) is 0 Å². The van der Waals surface area contributed by atoms with Gasteiger partial charge in [0.1, 0.15) is 12.2 Å². The highest BCUT2D eigenvalue weighted by atomic mass is 16.7. The minimum Gasteiger partial charge on any atom is -0.431 e. The number of hydrogen-bond donors (Lipinski definition) is 0. The van der Waals surface area contributed by atoms with E-state index in [9.17, 15) is 4.79 Å². The van der Waals surface area contributed by atoms with E-state index >= 15 is 0 Å². The molecule has 2 saturated heterocycles. The van der Waals surface area contributed by atoms with Gasteiger partial charge in [0.25, 0.3) is 0 Å². The van der Waals surface area contributed by atoms with Gasteiger partial charge in [0.15, 0.2) is 0 Å². The van der Waals surface area contributed by atoms with Gasteiger partial charge >= 0.3 is 6.16 Å². The van der Waals surface area contributed by atoms with E-state index in [1.807, 2.05) is 0 Å². The molecule has 7 nitrogen and oxygen atoms in total. The SMILES string of the molecule is CC(C)(C)CC(C)(C)ON1C(C)(C)CC(OC(=O)OC2CC(C)(C)N(OC(C)(C)CC(C)(C)C)C(C)(C)C2)CC1(C)C. The fourth-order valence-electron chi connectivity index (χ4n) is 8.42. The van der Waals surface area contributed by atoms with Crippen molar-refractivity contribution >= 4 is 6.16 Å².